The van der Waals surface area contributed by atoms with E-state index in [4.69, 9.17) is 0 Å². The Morgan fingerprint density at radius 1 is 0.897 bits per heavy atom. The molecule has 0 bridgehead atoms. The average Bonchev–Trinajstić information content (AvgIpc) is 2.72. The van der Waals surface area contributed by atoms with Crippen molar-refractivity contribution < 1.29 is 14.0 Å². The molecular formula is C24H29FN2O2. The zero-order valence-electron chi connectivity index (χ0n) is 17.1. The van der Waals surface area contributed by atoms with E-state index in [1.165, 1.54) is 12.1 Å². The van der Waals surface area contributed by atoms with Crippen molar-refractivity contribution in [2.75, 3.05) is 11.9 Å². The van der Waals surface area contributed by atoms with E-state index in [-0.39, 0.29) is 29.5 Å². The van der Waals surface area contributed by atoms with Crippen molar-refractivity contribution in [1.29, 1.82) is 0 Å². The van der Waals surface area contributed by atoms with E-state index in [9.17, 15) is 14.0 Å². The molecule has 154 valence electrons. The van der Waals surface area contributed by atoms with E-state index in [1.54, 1.807) is 12.1 Å². The lowest BCUT2D eigenvalue weighted by Gasteiger charge is -2.27. The average molecular weight is 397 g/mol. The van der Waals surface area contributed by atoms with Crippen LogP contribution in [0.15, 0.2) is 42.5 Å². The summed E-state index contributed by atoms with van der Waals surface area (Å²) in [4.78, 5) is 25.1. The van der Waals surface area contributed by atoms with Crippen LogP contribution in [0.25, 0.3) is 0 Å². The number of halogens is 1. The quantitative estimate of drug-likeness (QED) is 0.753. The molecular weight excluding hydrogens is 367 g/mol. The third kappa shape index (κ3) is 5.66. The van der Waals surface area contributed by atoms with Crippen LogP contribution in [-0.4, -0.2) is 18.4 Å². The van der Waals surface area contributed by atoms with E-state index < -0.39 is 0 Å². The van der Waals surface area contributed by atoms with Crippen LogP contribution < -0.4 is 10.6 Å². The molecule has 0 saturated heterocycles. The van der Waals surface area contributed by atoms with Crippen LogP contribution in [0.2, 0.25) is 0 Å². The second kappa shape index (κ2) is 9.68. The molecule has 1 aliphatic carbocycles. The zero-order chi connectivity index (χ0) is 20.8. The lowest BCUT2D eigenvalue weighted by molar-refractivity contribution is -0.128. The first-order valence-electron chi connectivity index (χ1n) is 10.3. The van der Waals surface area contributed by atoms with E-state index in [1.807, 2.05) is 32.0 Å². The standard InChI is InChI=1S/C24H29FN2O2/c1-16-4-3-5-17(2)22(16)27-24(29)20-10-8-19(9-11-20)23(28)26-15-14-18-6-12-21(25)13-7-18/h3-7,12-13,19-20H,8-11,14-15H2,1-2H3,(H,26,28)(H,27,29). The van der Waals surface area contributed by atoms with Gasteiger partial charge in [-0.1, -0.05) is 30.3 Å². The molecule has 1 saturated carbocycles. The third-order valence-electron chi connectivity index (χ3n) is 5.82. The van der Waals surface area contributed by atoms with Gasteiger partial charge in [-0.25, -0.2) is 4.39 Å². The molecule has 5 heteroatoms. The molecule has 29 heavy (non-hydrogen) atoms. The highest BCUT2D eigenvalue weighted by atomic mass is 19.1. The largest absolute Gasteiger partial charge is 0.356 e. The van der Waals surface area contributed by atoms with Gasteiger partial charge < -0.3 is 10.6 Å². The maximum atomic E-state index is 12.9. The fourth-order valence-electron chi connectivity index (χ4n) is 3.98. The predicted molar refractivity (Wildman–Crippen MR) is 113 cm³/mol. The number of anilines is 1. The SMILES string of the molecule is Cc1cccc(C)c1NC(=O)C1CCC(C(=O)NCCc2ccc(F)cc2)CC1. The van der Waals surface area contributed by atoms with Gasteiger partial charge >= 0.3 is 0 Å². The molecule has 2 aromatic carbocycles. The molecule has 1 fully saturated rings. The number of amides is 2. The molecule has 0 radical (unpaired) electrons. The number of hydrogen-bond donors (Lipinski definition) is 2. The van der Waals surface area contributed by atoms with Gasteiger partial charge in [0.1, 0.15) is 5.82 Å². The molecule has 0 aliphatic heterocycles. The minimum Gasteiger partial charge on any atom is -0.356 e. The topological polar surface area (TPSA) is 58.2 Å². The van der Waals surface area contributed by atoms with Gasteiger partial charge in [0.15, 0.2) is 0 Å². The van der Waals surface area contributed by atoms with Gasteiger partial charge in [0.05, 0.1) is 0 Å². The van der Waals surface area contributed by atoms with Crippen molar-refractivity contribution in [2.45, 2.75) is 46.0 Å². The van der Waals surface area contributed by atoms with Crippen LogP contribution >= 0.6 is 0 Å². The van der Waals surface area contributed by atoms with Crippen LogP contribution in [0.4, 0.5) is 10.1 Å². The highest BCUT2D eigenvalue weighted by molar-refractivity contribution is 5.94. The van der Waals surface area contributed by atoms with Crippen LogP contribution in [-0.2, 0) is 16.0 Å². The van der Waals surface area contributed by atoms with Gasteiger partial charge in [-0.3, -0.25) is 9.59 Å². The summed E-state index contributed by atoms with van der Waals surface area (Å²) in [5, 5.41) is 6.06. The lowest BCUT2D eigenvalue weighted by atomic mass is 9.81. The normalized spacial score (nSPS) is 18.9. The monoisotopic (exact) mass is 396 g/mol. The number of carbonyl (C=O) groups is 2. The van der Waals surface area contributed by atoms with E-state index in [0.717, 1.165) is 48.1 Å². The first kappa shape index (κ1) is 21.0. The molecule has 4 nitrogen and oxygen atoms in total. The summed E-state index contributed by atoms with van der Waals surface area (Å²) in [5.74, 6) is -0.223. The summed E-state index contributed by atoms with van der Waals surface area (Å²) in [6.07, 6.45) is 3.60. The zero-order valence-corrected chi connectivity index (χ0v) is 17.1. The summed E-state index contributed by atoms with van der Waals surface area (Å²) in [7, 11) is 0. The summed E-state index contributed by atoms with van der Waals surface area (Å²) in [5.41, 5.74) is 4.02. The molecule has 1 aliphatic rings. The molecule has 2 aromatic rings. The van der Waals surface area contributed by atoms with E-state index >= 15 is 0 Å². The van der Waals surface area contributed by atoms with Crippen LogP contribution in [0, 0.1) is 31.5 Å². The van der Waals surface area contributed by atoms with Crippen LogP contribution in [0.3, 0.4) is 0 Å². The Balaban J connectivity index is 1.42. The Labute approximate surface area is 171 Å². The van der Waals surface area contributed by atoms with Gasteiger partial charge in [-0.15, -0.1) is 0 Å². The lowest BCUT2D eigenvalue weighted by Crippen LogP contribution is -2.36. The van der Waals surface area contributed by atoms with Crippen LogP contribution in [0.1, 0.15) is 42.4 Å². The molecule has 0 atom stereocenters. The Bertz CT molecular complexity index is 835. The predicted octanol–water partition coefficient (Wildman–Crippen LogP) is 4.55. The minimum atomic E-state index is -0.254. The highest BCUT2D eigenvalue weighted by Crippen LogP contribution is 2.30. The fourth-order valence-corrected chi connectivity index (χ4v) is 3.98. The van der Waals surface area contributed by atoms with Crippen molar-refractivity contribution in [1.82, 2.24) is 5.32 Å². The van der Waals surface area contributed by atoms with Crippen molar-refractivity contribution in [3.05, 3.63) is 65.0 Å². The molecule has 3 rings (SSSR count). The first-order chi connectivity index (χ1) is 13.9. The van der Waals surface area contributed by atoms with E-state index in [2.05, 4.69) is 10.6 Å². The molecule has 0 heterocycles. The van der Waals surface area contributed by atoms with E-state index in [0.29, 0.717) is 13.0 Å². The second-order valence-electron chi connectivity index (χ2n) is 7.97. The smallest absolute Gasteiger partial charge is 0.227 e. The number of carbonyl (C=O) groups excluding carboxylic acids is 2. The number of rotatable bonds is 6. The molecule has 0 unspecified atom stereocenters. The summed E-state index contributed by atoms with van der Waals surface area (Å²) < 4.78 is 12.9. The Morgan fingerprint density at radius 2 is 1.45 bits per heavy atom. The maximum Gasteiger partial charge on any atom is 0.227 e. The van der Waals surface area contributed by atoms with Gasteiger partial charge in [-0.2, -0.15) is 0 Å². The Morgan fingerprint density at radius 3 is 2.03 bits per heavy atom. The van der Waals surface area contributed by atoms with Crippen molar-refractivity contribution in [3.63, 3.8) is 0 Å². The van der Waals surface area contributed by atoms with Crippen molar-refractivity contribution in [3.8, 4) is 0 Å². The number of benzene rings is 2. The third-order valence-corrected chi connectivity index (χ3v) is 5.82. The minimum absolute atomic E-state index is 0.0348. The van der Waals surface area contributed by atoms with Gasteiger partial charge in [0.2, 0.25) is 11.8 Å². The second-order valence-corrected chi connectivity index (χ2v) is 7.97. The molecule has 2 amide bonds. The summed E-state index contributed by atoms with van der Waals surface area (Å²) in [6, 6.07) is 12.3. The number of aryl methyl sites for hydroxylation is 2. The fraction of sp³-hybridized carbons (Fsp3) is 0.417. The first-order valence-corrected chi connectivity index (χ1v) is 10.3. The molecule has 0 spiro atoms. The summed E-state index contributed by atoms with van der Waals surface area (Å²) >= 11 is 0. The molecule has 2 N–H and O–H groups in total. The van der Waals surface area contributed by atoms with Crippen molar-refractivity contribution in [2.24, 2.45) is 11.8 Å². The highest BCUT2D eigenvalue weighted by Gasteiger charge is 2.30. The maximum absolute atomic E-state index is 12.9. The van der Waals surface area contributed by atoms with Crippen LogP contribution in [0.5, 0.6) is 0 Å². The van der Waals surface area contributed by atoms with Gasteiger partial charge in [0.25, 0.3) is 0 Å². The Hall–Kier alpha value is -2.69. The number of para-hydroxylation sites is 1. The number of nitrogens with one attached hydrogen (secondary N) is 2. The molecule has 0 aromatic heterocycles. The van der Waals surface area contributed by atoms with Crippen molar-refractivity contribution >= 4 is 17.5 Å². The summed E-state index contributed by atoms with van der Waals surface area (Å²) in [6.45, 7) is 4.53. The Kier molecular flexibility index (Phi) is 7.02. The van der Waals surface area contributed by atoms with Gasteiger partial charge in [-0.05, 0) is 74.8 Å². The number of hydrogen-bond acceptors (Lipinski definition) is 2. The van der Waals surface area contributed by atoms with Gasteiger partial charge in [0, 0.05) is 24.1 Å².